The van der Waals surface area contributed by atoms with Crippen LogP contribution in [0.5, 0.6) is 0 Å². The Balaban J connectivity index is 2.24. The zero-order chi connectivity index (χ0) is 17.0. The molecule has 0 radical (unpaired) electrons. The number of rotatable bonds is 5. The molecule has 122 valence electrons. The van der Waals surface area contributed by atoms with Crippen molar-refractivity contribution in [3.05, 3.63) is 48.3 Å². The van der Waals surface area contributed by atoms with Crippen LogP contribution in [0.25, 0.3) is 11.1 Å². The third-order valence-corrected chi connectivity index (χ3v) is 3.56. The number of aromatic nitrogens is 1. The molecule has 0 spiro atoms. The molecule has 5 heteroatoms. The van der Waals surface area contributed by atoms with Gasteiger partial charge >= 0.3 is 0 Å². The van der Waals surface area contributed by atoms with E-state index in [-0.39, 0.29) is 12.5 Å². The average molecular weight is 313 g/mol. The van der Waals surface area contributed by atoms with Crippen molar-refractivity contribution in [2.24, 2.45) is 0 Å². The van der Waals surface area contributed by atoms with Gasteiger partial charge in [-0.2, -0.15) is 0 Å². The lowest BCUT2D eigenvalue weighted by Gasteiger charge is -2.23. The molecule has 0 atom stereocenters. The third-order valence-electron chi connectivity index (χ3n) is 3.56. The lowest BCUT2D eigenvalue weighted by atomic mass is 10.0. The van der Waals surface area contributed by atoms with E-state index in [1.165, 1.54) is 6.20 Å². The van der Waals surface area contributed by atoms with Crippen LogP contribution in [-0.2, 0) is 0 Å². The zero-order valence-electron chi connectivity index (χ0n) is 14.0. The van der Waals surface area contributed by atoms with Crippen molar-refractivity contribution in [3.63, 3.8) is 0 Å². The number of nitrogens with one attached hydrogen (secondary N) is 1. The van der Waals surface area contributed by atoms with Gasteiger partial charge in [0.05, 0.1) is 17.7 Å². The first kappa shape index (κ1) is 17.0. The summed E-state index contributed by atoms with van der Waals surface area (Å²) < 4.78 is 0. The van der Waals surface area contributed by atoms with Gasteiger partial charge in [0.15, 0.2) is 0 Å². The molecule has 1 heterocycles. The molecule has 2 aromatic rings. The lowest BCUT2D eigenvalue weighted by Crippen LogP contribution is -2.46. The van der Waals surface area contributed by atoms with Crippen LogP contribution in [-0.4, -0.2) is 42.2 Å². The fourth-order valence-electron chi connectivity index (χ4n) is 2.09. The number of hydrogen-bond donors (Lipinski definition) is 2. The second kappa shape index (κ2) is 6.79. The fraction of sp³-hybridized carbons (Fsp3) is 0.333. The molecule has 0 aliphatic carbocycles. The highest BCUT2D eigenvalue weighted by Crippen LogP contribution is 2.22. The normalized spacial score (nSPS) is 11.2. The Kier molecular flexibility index (Phi) is 5.01. The topological polar surface area (TPSA) is 65.5 Å². The number of aliphatic hydroxyl groups excluding tert-OH is 1. The molecule has 1 amide bonds. The molecule has 0 saturated heterocycles. The van der Waals surface area contributed by atoms with Crippen molar-refractivity contribution < 1.29 is 9.90 Å². The van der Waals surface area contributed by atoms with Gasteiger partial charge in [-0.15, -0.1) is 0 Å². The van der Waals surface area contributed by atoms with E-state index in [4.69, 9.17) is 0 Å². The summed E-state index contributed by atoms with van der Waals surface area (Å²) in [5.41, 5.74) is 2.80. The molecular weight excluding hydrogens is 290 g/mol. The smallest absolute Gasteiger partial charge is 0.253 e. The predicted molar refractivity (Wildman–Crippen MR) is 92.6 cm³/mol. The fourth-order valence-corrected chi connectivity index (χ4v) is 2.09. The molecule has 0 unspecified atom stereocenters. The summed E-state index contributed by atoms with van der Waals surface area (Å²) in [5, 5.41) is 12.0. The van der Waals surface area contributed by atoms with Crippen molar-refractivity contribution in [2.75, 3.05) is 25.6 Å². The predicted octanol–water partition coefficient (Wildman–Crippen LogP) is 2.32. The summed E-state index contributed by atoms with van der Waals surface area (Å²) >= 11 is 0. The van der Waals surface area contributed by atoms with Gasteiger partial charge in [0.2, 0.25) is 0 Å². The number of nitrogens with zero attached hydrogens (tertiary/aromatic N) is 2. The summed E-state index contributed by atoms with van der Waals surface area (Å²) in [6, 6.07) is 9.87. The molecular formula is C18H23N3O2. The number of hydrogen-bond acceptors (Lipinski definition) is 4. The Hall–Kier alpha value is -2.40. The van der Waals surface area contributed by atoms with Gasteiger partial charge in [-0.25, -0.2) is 0 Å². The largest absolute Gasteiger partial charge is 0.394 e. The Morgan fingerprint density at radius 3 is 2.39 bits per heavy atom. The van der Waals surface area contributed by atoms with Crippen LogP contribution in [0.2, 0.25) is 0 Å². The first-order valence-corrected chi connectivity index (χ1v) is 7.48. The Morgan fingerprint density at radius 1 is 1.17 bits per heavy atom. The van der Waals surface area contributed by atoms with E-state index in [2.05, 4.69) is 10.3 Å². The van der Waals surface area contributed by atoms with Crippen molar-refractivity contribution in [3.8, 4) is 11.1 Å². The SMILES string of the molecule is CN(C)c1ccc(-c2cncc(C(=O)NC(C)(C)CO)c2)cc1. The minimum atomic E-state index is -0.666. The number of carbonyl (C=O) groups excluding carboxylic acids is 1. The van der Waals surface area contributed by atoms with E-state index in [0.717, 1.165) is 16.8 Å². The number of pyridine rings is 1. The van der Waals surface area contributed by atoms with Crippen LogP contribution < -0.4 is 10.2 Å². The molecule has 5 nitrogen and oxygen atoms in total. The summed E-state index contributed by atoms with van der Waals surface area (Å²) in [4.78, 5) is 18.5. The maximum Gasteiger partial charge on any atom is 0.253 e. The molecule has 0 fully saturated rings. The number of carbonyl (C=O) groups is 1. The van der Waals surface area contributed by atoms with E-state index in [1.54, 1.807) is 26.1 Å². The number of amides is 1. The van der Waals surface area contributed by atoms with Crippen molar-refractivity contribution in [1.29, 1.82) is 0 Å². The number of aliphatic hydroxyl groups is 1. The van der Waals surface area contributed by atoms with Crippen LogP contribution in [0.3, 0.4) is 0 Å². The highest BCUT2D eigenvalue weighted by Gasteiger charge is 2.20. The van der Waals surface area contributed by atoms with Gasteiger partial charge in [0.25, 0.3) is 5.91 Å². The number of anilines is 1. The van der Waals surface area contributed by atoms with Crippen molar-refractivity contribution in [2.45, 2.75) is 19.4 Å². The summed E-state index contributed by atoms with van der Waals surface area (Å²) in [6.45, 7) is 3.40. The monoisotopic (exact) mass is 313 g/mol. The molecule has 0 saturated carbocycles. The summed E-state index contributed by atoms with van der Waals surface area (Å²) in [6.07, 6.45) is 3.26. The Morgan fingerprint density at radius 2 is 1.83 bits per heavy atom. The zero-order valence-corrected chi connectivity index (χ0v) is 14.0. The summed E-state index contributed by atoms with van der Waals surface area (Å²) in [5.74, 6) is -0.247. The van der Waals surface area contributed by atoms with E-state index in [9.17, 15) is 9.90 Å². The van der Waals surface area contributed by atoms with E-state index in [0.29, 0.717) is 5.56 Å². The van der Waals surface area contributed by atoms with Gasteiger partial charge < -0.3 is 15.3 Å². The standard InChI is InChI=1S/C18H23N3O2/c1-18(2,12-22)20-17(23)15-9-14(10-19-11-15)13-5-7-16(8-6-13)21(3)4/h5-11,22H,12H2,1-4H3,(H,20,23). The Labute approximate surface area is 137 Å². The third kappa shape index (κ3) is 4.29. The van der Waals surface area contributed by atoms with Crippen LogP contribution >= 0.6 is 0 Å². The maximum absolute atomic E-state index is 12.3. The van der Waals surface area contributed by atoms with Gasteiger partial charge in [0.1, 0.15) is 0 Å². The first-order valence-electron chi connectivity index (χ1n) is 7.48. The summed E-state index contributed by atoms with van der Waals surface area (Å²) in [7, 11) is 3.98. The van der Waals surface area contributed by atoms with Gasteiger partial charge in [-0.1, -0.05) is 12.1 Å². The van der Waals surface area contributed by atoms with Crippen LogP contribution in [0.4, 0.5) is 5.69 Å². The van der Waals surface area contributed by atoms with Gasteiger partial charge in [-0.3, -0.25) is 9.78 Å². The van der Waals surface area contributed by atoms with Gasteiger partial charge in [-0.05, 0) is 37.6 Å². The molecule has 0 aliphatic heterocycles. The molecule has 1 aromatic carbocycles. The second-order valence-corrected chi connectivity index (χ2v) is 6.40. The van der Waals surface area contributed by atoms with Crippen molar-refractivity contribution in [1.82, 2.24) is 10.3 Å². The van der Waals surface area contributed by atoms with Crippen molar-refractivity contribution >= 4 is 11.6 Å². The molecule has 2 N–H and O–H groups in total. The maximum atomic E-state index is 12.3. The first-order chi connectivity index (χ1) is 10.8. The highest BCUT2D eigenvalue weighted by molar-refractivity contribution is 5.95. The van der Waals surface area contributed by atoms with Crippen LogP contribution in [0.15, 0.2) is 42.7 Å². The Bertz CT molecular complexity index is 679. The second-order valence-electron chi connectivity index (χ2n) is 6.40. The van der Waals surface area contributed by atoms with E-state index >= 15 is 0 Å². The minimum Gasteiger partial charge on any atom is -0.394 e. The van der Waals surface area contributed by atoms with Crippen LogP contribution in [0, 0.1) is 0 Å². The molecule has 1 aromatic heterocycles. The molecule has 23 heavy (non-hydrogen) atoms. The molecule has 0 aliphatic rings. The van der Waals surface area contributed by atoms with Gasteiger partial charge in [0, 0.05) is 37.7 Å². The van der Waals surface area contributed by atoms with E-state index < -0.39 is 5.54 Å². The lowest BCUT2D eigenvalue weighted by molar-refractivity contribution is 0.0869. The minimum absolute atomic E-state index is 0.127. The van der Waals surface area contributed by atoms with Crippen LogP contribution in [0.1, 0.15) is 24.2 Å². The average Bonchev–Trinajstić information content (AvgIpc) is 2.54. The number of benzene rings is 1. The van der Waals surface area contributed by atoms with E-state index in [1.807, 2.05) is 43.3 Å². The highest BCUT2D eigenvalue weighted by atomic mass is 16.3. The molecule has 0 bridgehead atoms. The quantitative estimate of drug-likeness (QED) is 0.889. The molecule has 2 rings (SSSR count).